The number of amides is 2. The summed E-state index contributed by atoms with van der Waals surface area (Å²) >= 11 is 0. The molecule has 3 fully saturated rings. The van der Waals surface area contributed by atoms with Crippen LogP contribution in [0.2, 0.25) is 0 Å². The van der Waals surface area contributed by atoms with Crippen molar-refractivity contribution in [1.29, 1.82) is 0 Å². The summed E-state index contributed by atoms with van der Waals surface area (Å²) < 4.78 is 0. The Labute approximate surface area is 167 Å². The highest BCUT2D eigenvalue weighted by Crippen LogP contribution is 2.26. The fraction of sp³-hybridized carbons (Fsp3) is 0.857. The molecule has 3 N–H and O–H groups in total. The molecule has 3 rings (SSSR count). The number of hydrogen-bond donors (Lipinski definition) is 3. The van der Waals surface area contributed by atoms with Crippen molar-refractivity contribution < 1.29 is 19.5 Å². The van der Waals surface area contributed by atoms with E-state index in [1.165, 1.54) is 0 Å². The highest BCUT2D eigenvalue weighted by Gasteiger charge is 2.29. The summed E-state index contributed by atoms with van der Waals surface area (Å²) in [6, 6.07) is 0.120. The van der Waals surface area contributed by atoms with Crippen molar-refractivity contribution in [1.82, 2.24) is 15.5 Å². The molecule has 1 saturated carbocycles. The van der Waals surface area contributed by atoms with Gasteiger partial charge in [-0.15, -0.1) is 0 Å². The Morgan fingerprint density at radius 1 is 0.857 bits per heavy atom. The van der Waals surface area contributed by atoms with Crippen LogP contribution in [0.25, 0.3) is 0 Å². The minimum absolute atomic E-state index is 0.0817. The lowest BCUT2D eigenvalue weighted by Crippen LogP contribution is -2.42. The number of carbonyl (C=O) groups excluding carboxylic acids is 2. The van der Waals surface area contributed by atoms with Gasteiger partial charge in [-0.1, -0.05) is 0 Å². The first-order chi connectivity index (χ1) is 13.5. The first-order valence-electron chi connectivity index (χ1n) is 11.0. The second-order valence-corrected chi connectivity index (χ2v) is 8.88. The highest BCUT2D eigenvalue weighted by molar-refractivity contribution is 5.77. The molecular formula is C21H35N3O4. The SMILES string of the molecule is O=C(CC1CCN(C(=O)CC2CCNCC2)CC1)NC1CCC(C(=O)O)CC1. The van der Waals surface area contributed by atoms with Crippen molar-refractivity contribution in [3.05, 3.63) is 0 Å². The monoisotopic (exact) mass is 393 g/mol. The molecule has 0 radical (unpaired) electrons. The molecule has 1 aliphatic carbocycles. The number of piperidine rings is 2. The molecule has 2 amide bonds. The van der Waals surface area contributed by atoms with Crippen LogP contribution < -0.4 is 10.6 Å². The Hall–Kier alpha value is -1.63. The summed E-state index contributed by atoms with van der Waals surface area (Å²) in [6.07, 6.45) is 8.00. The van der Waals surface area contributed by atoms with Gasteiger partial charge in [0.05, 0.1) is 5.92 Å². The van der Waals surface area contributed by atoms with Gasteiger partial charge in [-0.05, 0) is 76.3 Å². The van der Waals surface area contributed by atoms with Gasteiger partial charge in [-0.2, -0.15) is 0 Å². The maximum absolute atomic E-state index is 12.5. The molecule has 0 aromatic rings. The number of carboxylic acids is 1. The molecule has 0 atom stereocenters. The second-order valence-electron chi connectivity index (χ2n) is 8.88. The first-order valence-corrected chi connectivity index (χ1v) is 11.0. The zero-order valence-electron chi connectivity index (χ0n) is 16.8. The molecular weight excluding hydrogens is 358 g/mol. The molecule has 2 heterocycles. The minimum atomic E-state index is -0.716. The molecule has 0 bridgehead atoms. The molecule has 2 aliphatic heterocycles. The molecule has 2 saturated heterocycles. The average molecular weight is 394 g/mol. The maximum Gasteiger partial charge on any atom is 0.306 e. The van der Waals surface area contributed by atoms with Gasteiger partial charge in [-0.3, -0.25) is 14.4 Å². The zero-order chi connectivity index (χ0) is 19.9. The van der Waals surface area contributed by atoms with Crippen LogP contribution in [-0.4, -0.2) is 60.0 Å². The Morgan fingerprint density at radius 2 is 1.46 bits per heavy atom. The number of aliphatic carboxylic acids is 1. The molecule has 0 spiro atoms. The Balaban J connectivity index is 1.32. The normalized spacial score (nSPS) is 27.4. The van der Waals surface area contributed by atoms with E-state index < -0.39 is 5.97 Å². The number of likely N-dealkylation sites (tertiary alicyclic amines) is 1. The number of nitrogens with zero attached hydrogens (tertiary/aromatic N) is 1. The van der Waals surface area contributed by atoms with Crippen LogP contribution in [0.15, 0.2) is 0 Å². The van der Waals surface area contributed by atoms with Gasteiger partial charge in [0.15, 0.2) is 0 Å². The Morgan fingerprint density at radius 3 is 2.07 bits per heavy atom. The van der Waals surface area contributed by atoms with Crippen LogP contribution in [0.5, 0.6) is 0 Å². The molecule has 3 aliphatic rings. The first kappa shape index (κ1) is 21.1. The summed E-state index contributed by atoms with van der Waals surface area (Å²) in [7, 11) is 0. The molecule has 28 heavy (non-hydrogen) atoms. The largest absolute Gasteiger partial charge is 0.481 e. The number of carboxylic acid groups (broad SMARTS) is 1. The van der Waals surface area contributed by atoms with E-state index >= 15 is 0 Å². The summed E-state index contributed by atoms with van der Waals surface area (Å²) in [6.45, 7) is 3.58. The van der Waals surface area contributed by atoms with E-state index in [2.05, 4.69) is 10.6 Å². The summed E-state index contributed by atoms with van der Waals surface area (Å²) in [5, 5.41) is 15.5. The van der Waals surface area contributed by atoms with Gasteiger partial charge in [-0.25, -0.2) is 0 Å². The number of hydrogen-bond acceptors (Lipinski definition) is 4. The maximum atomic E-state index is 12.5. The quantitative estimate of drug-likeness (QED) is 0.639. The van der Waals surface area contributed by atoms with Crippen LogP contribution in [-0.2, 0) is 14.4 Å². The van der Waals surface area contributed by atoms with Crippen molar-refractivity contribution in [3.8, 4) is 0 Å². The van der Waals surface area contributed by atoms with E-state index in [4.69, 9.17) is 5.11 Å². The van der Waals surface area contributed by atoms with Crippen LogP contribution >= 0.6 is 0 Å². The third kappa shape index (κ3) is 6.19. The van der Waals surface area contributed by atoms with Crippen LogP contribution in [0.3, 0.4) is 0 Å². The van der Waals surface area contributed by atoms with Gasteiger partial charge in [0.1, 0.15) is 0 Å². The molecule has 7 nitrogen and oxygen atoms in total. The third-order valence-corrected chi connectivity index (χ3v) is 6.80. The van der Waals surface area contributed by atoms with Gasteiger partial charge in [0.2, 0.25) is 11.8 Å². The number of nitrogens with one attached hydrogen (secondary N) is 2. The summed E-state index contributed by atoms with van der Waals surface area (Å²) in [4.78, 5) is 37.9. The molecule has 0 unspecified atom stereocenters. The summed E-state index contributed by atoms with van der Waals surface area (Å²) in [5.41, 5.74) is 0. The number of carbonyl (C=O) groups is 3. The lowest BCUT2D eigenvalue weighted by atomic mass is 9.86. The molecule has 7 heteroatoms. The third-order valence-electron chi connectivity index (χ3n) is 6.80. The predicted octanol–water partition coefficient (Wildman–Crippen LogP) is 1.76. The van der Waals surface area contributed by atoms with E-state index in [1.807, 2.05) is 4.90 Å². The van der Waals surface area contributed by atoms with Crippen molar-refractivity contribution in [3.63, 3.8) is 0 Å². The topological polar surface area (TPSA) is 98.7 Å². The minimum Gasteiger partial charge on any atom is -0.481 e. The van der Waals surface area contributed by atoms with Crippen molar-refractivity contribution >= 4 is 17.8 Å². The Bertz CT molecular complexity index is 546. The van der Waals surface area contributed by atoms with Gasteiger partial charge in [0, 0.05) is 32.0 Å². The van der Waals surface area contributed by atoms with E-state index in [-0.39, 0.29) is 23.8 Å². The van der Waals surface area contributed by atoms with E-state index in [1.54, 1.807) is 0 Å². The molecule has 0 aromatic carbocycles. The van der Waals surface area contributed by atoms with Gasteiger partial charge in [0.25, 0.3) is 0 Å². The van der Waals surface area contributed by atoms with Crippen molar-refractivity contribution in [2.75, 3.05) is 26.2 Å². The molecule has 158 valence electrons. The average Bonchev–Trinajstić information content (AvgIpc) is 2.69. The van der Waals surface area contributed by atoms with E-state index in [0.717, 1.165) is 64.7 Å². The van der Waals surface area contributed by atoms with Crippen molar-refractivity contribution in [2.45, 2.75) is 70.3 Å². The molecule has 0 aromatic heterocycles. The van der Waals surface area contributed by atoms with Gasteiger partial charge >= 0.3 is 5.97 Å². The lowest BCUT2D eigenvalue weighted by Gasteiger charge is -2.34. The summed E-state index contributed by atoms with van der Waals surface area (Å²) in [5.74, 6) is 0.265. The number of rotatable bonds is 6. The zero-order valence-corrected chi connectivity index (χ0v) is 16.8. The lowest BCUT2D eigenvalue weighted by molar-refractivity contribution is -0.142. The highest BCUT2D eigenvalue weighted by atomic mass is 16.4. The predicted molar refractivity (Wildman–Crippen MR) is 106 cm³/mol. The Kier molecular flexibility index (Phi) is 7.71. The van der Waals surface area contributed by atoms with Crippen LogP contribution in [0.1, 0.15) is 64.2 Å². The fourth-order valence-electron chi connectivity index (χ4n) is 4.88. The standard InChI is InChI=1S/C21H35N3O4/c25-19(23-18-3-1-17(2-4-18)21(27)28)13-16-7-11-24(12-8-16)20(26)14-15-5-9-22-10-6-15/h15-18,22H,1-14H2,(H,23,25)(H,27,28). The smallest absolute Gasteiger partial charge is 0.306 e. The van der Waals surface area contributed by atoms with E-state index in [0.29, 0.717) is 37.5 Å². The van der Waals surface area contributed by atoms with Crippen LogP contribution in [0.4, 0.5) is 0 Å². The van der Waals surface area contributed by atoms with E-state index in [9.17, 15) is 14.4 Å². The van der Waals surface area contributed by atoms with Crippen LogP contribution in [0, 0.1) is 17.8 Å². The fourth-order valence-corrected chi connectivity index (χ4v) is 4.88. The second kappa shape index (κ2) is 10.2. The van der Waals surface area contributed by atoms with Crippen molar-refractivity contribution in [2.24, 2.45) is 17.8 Å². The van der Waals surface area contributed by atoms with Gasteiger partial charge < -0.3 is 20.6 Å².